The Bertz CT molecular complexity index is 262. The average molecular weight is 234 g/mol. The number of hydrogen-bond donors (Lipinski definition) is 4. The molecule has 0 saturated carbocycles. The number of carbonyl (C=O) groups is 1. The second-order valence-electron chi connectivity index (χ2n) is 2.08. The van der Waals surface area contributed by atoms with Crippen LogP contribution in [0.1, 0.15) is 0 Å². The number of rotatable bonds is 3. The first-order valence-electron chi connectivity index (χ1n) is 2.79. The molecule has 0 aliphatic heterocycles. The minimum absolute atomic E-state index is 0.765. The highest BCUT2D eigenvalue weighted by Crippen LogP contribution is 2.60. The molecule has 0 aromatic heterocycles. The smallest absolute Gasteiger partial charge is 0.352 e. The summed E-state index contributed by atoms with van der Waals surface area (Å²) in [4.78, 5) is 44.3. The molecule has 0 amide bonds. The van der Waals surface area contributed by atoms with Gasteiger partial charge in [-0.05, 0) is 0 Å². The number of hydrogen-bond acceptors (Lipinski definition) is 4. The van der Waals surface area contributed by atoms with Crippen molar-refractivity contribution < 1.29 is 38.2 Å². The molecule has 13 heavy (non-hydrogen) atoms. The Hall–Kier alpha value is -0.230. The summed E-state index contributed by atoms with van der Waals surface area (Å²) >= 11 is 0. The van der Waals surface area contributed by atoms with Gasteiger partial charge in [-0.3, -0.25) is 13.9 Å². The topological polar surface area (TPSA) is 141 Å². The van der Waals surface area contributed by atoms with Crippen LogP contribution in [0.3, 0.4) is 0 Å². The molecule has 0 spiro atoms. The van der Waals surface area contributed by atoms with Crippen LogP contribution in [0, 0.1) is 0 Å². The van der Waals surface area contributed by atoms with Crippen LogP contribution in [0.25, 0.3) is 0 Å². The summed E-state index contributed by atoms with van der Waals surface area (Å²) in [6.45, 7) is 0. The fourth-order valence-corrected chi connectivity index (χ4v) is 2.90. The Morgan fingerprint density at radius 2 is 1.46 bits per heavy atom. The van der Waals surface area contributed by atoms with Gasteiger partial charge in [-0.15, -0.1) is 0 Å². The highest BCUT2D eigenvalue weighted by molar-refractivity contribution is 7.72. The number of esters is 1. The molecule has 0 aliphatic rings. The Labute approximate surface area is 72.8 Å². The van der Waals surface area contributed by atoms with Crippen LogP contribution < -0.4 is 0 Å². The summed E-state index contributed by atoms with van der Waals surface area (Å²) in [5.74, 6) is -1.64. The first-order chi connectivity index (χ1) is 5.60. The lowest BCUT2D eigenvalue weighted by Crippen LogP contribution is -2.22. The molecule has 78 valence electrons. The van der Waals surface area contributed by atoms with Crippen molar-refractivity contribution in [2.45, 2.75) is 5.40 Å². The lowest BCUT2D eigenvalue weighted by Gasteiger charge is -2.16. The largest absolute Gasteiger partial charge is 0.468 e. The molecule has 4 N–H and O–H groups in total. The van der Waals surface area contributed by atoms with Gasteiger partial charge in [0.05, 0.1) is 7.11 Å². The molecule has 0 aliphatic carbocycles. The third kappa shape index (κ3) is 3.56. The molecular formula is C3H8O8P2. The summed E-state index contributed by atoms with van der Waals surface area (Å²) in [5, 5.41) is -2.73. The summed E-state index contributed by atoms with van der Waals surface area (Å²) in [6.07, 6.45) is 0. The average Bonchev–Trinajstić information content (AvgIpc) is 1.80. The highest BCUT2D eigenvalue weighted by atomic mass is 31.2. The minimum atomic E-state index is -5.21. The number of ether oxygens (including phenoxy) is 1. The number of methoxy groups -OCH3 is 1. The predicted octanol–water partition coefficient (Wildman–Crippen LogP) is -1.16. The second-order valence-corrected chi connectivity index (χ2v) is 5.87. The zero-order valence-corrected chi connectivity index (χ0v) is 8.18. The summed E-state index contributed by atoms with van der Waals surface area (Å²) in [5.41, 5.74) is 0. The van der Waals surface area contributed by atoms with Crippen LogP contribution in [0.15, 0.2) is 0 Å². The Morgan fingerprint density at radius 1 is 1.15 bits per heavy atom. The first kappa shape index (κ1) is 12.8. The van der Waals surface area contributed by atoms with E-state index in [-0.39, 0.29) is 0 Å². The highest BCUT2D eigenvalue weighted by Gasteiger charge is 2.50. The lowest BCUT2D eigenvalue weighted by molar-refractivity contribution is -0.139. The predicted molar refractivity (Wildman–Crippen MR) is 39.9 cm³/mol. The maximum atomic E-state index is 10.6. The lowest BCUT2D eigenvalue weighted by atomic mass is 10.8. The van der Waals surface area contributed by atoms with Crippen molar-refractivity contribution in [3.63, 3.8) is 0 Å². The van der Waals surface area contributed by atoms with Gasteiger partial charge in [-0.1, -0.05) is 0 Å². The van der Waals surface area contributed by atoms with Crippen LogP contribution in [0.5, 0.6) is 0 Å². The molecule has 0 aromatic rings. The van der Waals surface area contributed by atoms with Gasteiger partial charge in [0.2, 0.25) is 0 Å². The van der Waals surface area contributed by atoms with Gasteiger partial charge in [-0.2, -0.15) is 0 Å². The van der Waals surface area contributed by atoms with E-state index < -0.39 is 26.6 Å². The van der Waals surface area contributed by atoms with Gasteiger partial charge < -0.3 is 24.3 Å². The normalized spacial score (nSPS) is 13.1. The van der Waals surface area contributed by atoms with Crippen molar-refractivity contribution in [1.29, 1.82) is 0 Å². The van der Waals surface area contributed by atoms with E-state index in [0.29, 0.717) is 0 Å². The Balaban J connectivity index is 5.14. The van der Waals surface area contributed by atoms with Crippen LogP contribution in [0.4, 0.5) is 0 Å². The van der Waals surface area contributed by atoms with E-state index in [1.165, 1.54) is 0 Å². The molecular weight excluding hydrogens is 226 g/mol. The quantitative estimate of drug-likeness (QED) is 0.354. The molecule has 0 saturated heterocycles. The van der Waals surface area contributed by atoms with Gasteiger partial charge >= 0.3 is 21.2 Å². The Kier molecular flexibility index (Phi) is 3.81. The number of carbonyl (C=O) groups excluding carboxylic acids is 1. The summed E-state index contributed by atoms with van der Waals surface area (Å²) in [7, 11) is -9.65. The molecule has 0 radical (unpaired) electrons. The molecule has 0 atom stereocenters. The van der Waals surface area contributed by atoms with Gasteiger partial charge in [0.15, 0.2) is 0 Å². The van der Waals surface area contributed by atoms with E-state index >= 15 is 0 Å². The fourth-order valence-electron chi connectivity index (χ4n) is 0.576. The maximum absolute atomic E-state index is 10.6. The van der Waals surface area contributed by atoms with Crippen LogP contribution in [-0.2, 0) is 18.7 Å². The van der Waals surface area contributed by atoms with Crippen LogP contribution in [-0.4, -0.2) is 38.1 Å². The van der Waals surface area contributed by atoms with Crippen molar-refractivity contribution in [3.8, 4) is 0 Å². The molecule has 8 nitrogen and oxygen atoms in total. The van der Waals surface area contributed by atoms with E-state index in [4.69, 9.17) is 19.6 Å². The van der Waals surface area contributed by atoms with Crippen molar-refractivity contribution in [1.82, 2.24) is 0 Å². The molecule has 0 rings (SSSR count). The minimum Gasteiger partial charge on any atom is -0.468 e. The second kappa shape index (κ2) is 3.88. The summed E-state index contributed by atoms with van der Waals surface area (Å²) in [6, 6.07) is 0. The van der Waals surface area contributed by atoms with E-state index in [0.717, 1.165) is 7.11 Å². The summed E-state index contributed by atoms with van der Waals surface area (Å²) < 4.78 is 24.8. The van der Waals surface area contributed by atoms with Crippen molar-refractivity contribution in [2.75, 3.05) is 7.11 Å². The van der Waals surface area contributed by atoms with Crippen molar-refractivity contribution >= 4 is 21.2 Å². The van der Waals surface area contributed by atoms with Crippen molar-refractivity contribution in [2.24, 2.45) is 0 Å². The molecule has 0 aromatic carbocycles. The van der Waals surface area contributed by atoms with Gasteiger partial charge in [0, 0.05) is 0 Å². The van der Waals surface area contributed by atoms with Gasteiger partial charge in [0.25, 0.3) is 5.40 Å². The zero-order valence-electron chi connectivity index (χ0n) is 6.39. The third-order valence-electron chi connectivity index (χ3n) is 1.05. The monoisotopic (exact) mass is 234 g/mol. The molecule has 0 unspecified atom stereocenters. The maximum Gasteiger partial charge on any atom is 0.352 e. The standard InChI is InChI=1S/C3H8O8P2/c1-11-2(4)3(12(5,6)7)13(8,9)10/h3H,1H3,(H2,5,6,7)(H2,8,9,10). The fraction of sp³-hybridized carbons (Fsp3) is 0.667. The van der Waals surface area contributed by atoms with Crippen LogP contribution in [0.2, 0.25) is 0 Å². The van der Waals surface area contributed by atoms with E-state index in [9.17, 15) is 13.9 Å². The van der Waals surface area contributed by atoms with E-state index in [2.05, 4.69) is 4.74 Å². The zero-order chi connectivity index (χ0) is 10.9. The van der Waals surface area contributed by atoms with E-state index in [1.54, 1.807) is 0 Å². The van der Waals surface area contributed by atoms with Crippen LogP contribution >= 0.6 is 15.2 Å². The third-order valence-corrected chi connectivity index (χ3v) is 4.55. The van der Waals surface area contributed by atoms with E-state index in [1.807, 2.05) is 0 Å². The molecule has 0 bridgehead atoms. The molecule has 10 heteroatoms. The van der Waals surface area contributed by atoms with Crippen molar-refractivity contribution in [3.05, 3.63) is 0 Å². The SMILES string of the molecule is COC(=O)C(P(=O)(O)O)P(=O)(O)O. The first-order valence-corrected chi connectivity index (χ1v) is 6.15. The van der Waals surface area contributed by atoms with Gasteiger partial charge in [0.1, 0.15) is 0 Å². The molecule has 0 fully saturated rings. The Morgan fingerprint density at radius 3 is 1.54 bits per heavy atom. The molecule has 0 heterocycles. The van der Waals surface area contributed by atoms with Gasteiger partial charge in [-0.25, -0.2) is 0 Å².